The van der Waals surface area contributed by atoms with Crippen molar-refractivity contribution >= 4 is 17.7 Å². The molecule has 0 fully saturated rings. The van der Waals surface area contributed by atoms with Gasteiger partial charge >= 0.3 is 6.09 Å². The van der Waals surface area contributed by atoms with Gasteiger partial charge in [0, 0.05) is 18.4 Å². The first-order valence-electron chi connectivity index (χ1n) is 7.77. The van der Waals surface area contributed by atoms with Crippen molar-refractivity contribution in [3.63, 3.8) is 0 Å². The normalized spacial score (nSPS) is 12.2. The number of aliphatic hydroxyl groups excluding tert-OH is 1. The van der Waals surface area contributed by atoms with Crippen LogP contribution in [0.3, 0.4) is 0 Å². The average molecular weight is 354 g/mol. The second-order valence-corrected chi connectivity index (χ2v) is 6.33. The maximum absolute atomic E-state index is 12.4. The Labute approximate surface area is 147 Å². The molecule has 0 heterocycles. The summed E-state index contributed by atoms with van der Waals surface area (Å²) in [6.07, 6.45) is -0.713. The molecule has 0 radical (unpaired) electrons. The number of methoxy groups -OCH3 is 2. The summed E-state index contributed by atoms with van der Waals surface area (Å²) in [6, 6.07) is 3.93. The van der Waals surface area contributed by atoms with Crippen LogP contribution in [0.15, 0.2) is 18.2 Å². The van der Waals surface area contributed by atoms with E-state index in [0.717, 1.165) is 0 Å². The van der Waals surface area contributed by atoms with Gasteiger partial charge in [0.2, 0.25) is 5.91 Å². The Bertz CT molecular complexity index is 597. The zero-order chi connectivity index (χ0) is 19.0. The van der Waals surface area contributed by atoms with E-state index in [4.69, 9.17) is 14.2 Å². The highest BCUT2D eigenvalue weighted by Crippen LogP contribution is 2.22. The Morgan fingerprint density at radius 3 is 2.44 bits per heavy atom. The van der Waals surface area contributed by atoms with Crippen molar-refractivity contribution in [3.8, 4) is 5.75 Å². The largest absolute Gasteiger partial charge is 0.496 e. The molecule has 8 heteroatoms. The highest BCUT2D eigenvalue weighted by atomic mass is 16.6. The highest BCUT2D eigenvalue weighted by Gasteiger charge is 2.24. The Kier molecular flexibility index (Phi) is 7.66. The minimum Gasteiger partial charge on any atom is -0.496 e. The van der Waals surface area contributed by atoms with Crippen molar-refractivity contribution in [1.29, 1.82) is 0 Å². The lowest BCUT2D eigenvalue weighted by molar-refractivity contribution is -0.119. The molecule has 1 atom stereocenters. The Morgan fingerprint density at radius 2 is 1.92 bits per heavy atom. The lowest BCUT2D eigenvalue weighted by atomic mass is 10.1. The van der Waals surface area contributed by atoms with Crippen LogP contribution < -0.4 is 15.4 Å². The van der Waals surface area contributed by atoms with E-state index in [2.05, 4.69) is 10.6 Å². The molecule has 0 aliphatic carbocycles. The number of aliphatic hydroxyl groups is 1. The predicted octanol–water partition coefficient (Wildman–Crippen LogP) is 1.67. The second kappa shape index (κ2) is 9.24. The van der Waals surface area contributed by atoms with Gasteiger partial charge in [0.25, 0.3) is 0 Å². The molecule has 3 N–H and O–H groups in total. The highest BCUT2D eigenvalue weighted by molar-refractivity contribution is 5.96. The quantitative estimate of drug-likeness (QED) is 0.688. The summed E-state index contributed by atoms with van der Waals surface area (Å²) in [5, 5.41) is 14.5. The summed E-state index contributed by atoms with van der Waals surface area (Å²) in [4.78, 5) is 24.3. The van der Waals surface area contributed by atoms with E-state index in [9.17, 15) is 14.7 Å². The van der Waals surface area contributed by atoms with Crippen LogP contribution in [0.1, 0.15) is 26.3 Å². The zero-order valence-corrected chi connectivity index (χ0v) is 15.2. The van der Waals surface area contributed by atoms with E-state index in [-0.39, 0.29) is 13.2 Å². The number of hydrogen-bond donors (Lipinski definition) is 3. The fraction of sp³-hybridized carbons (Fsp3) is 0.529. The van der Waals surface area contributed by atoms with Gasteiger partial charge in [-0.05, 0) is 39.0 Å². The molecule has 0 unspecified atom stereocenters. The lowest BCUT2D eigenvalue weighted by Gasteiger charge is -2.23. The molecule has 1 rings (SSSR count). The Balaban J connectivity index is 2.81. The van der Waals surface area contributed by atoms with E-state index >= 15 is 0 Å². The number of alkyl carbamates (subject to hydrolysis) is 1. The van der Waals surface area contributed by atoms with Gasteiger partial charge in [0.05, 0.1) is 20.3 Å². The van der Waals surface area contributed by atoms with Gasteiger partial charge < -0.3 is 30.0 Å². The van der Waals surface area contributed by atoms with E-state index in [1.54, 1.807) is 39.0 Å². The Morgan fingerprint density at radius 1 is 1.24 bits per heavy atom. The van der Waals surface area contributed by atoms with Crippen molar-refractivity contribution in [1.82, 2.24) is 5.32 Å². The molecule has 0 aromatic heterocycles. The van der Waals surface area contributed by atoms with Gasteiger partial charge in [-0.25, -0.2) is 4.79 Å². The van der Waals surface area contributed by atoms with Crippen LogP contribution in [0.2, 0.25) is 0 Å². The molecule has 0 aliphatic heterocycles. The van der Waals surface area contributed by atoms with Crippen LogP contribution >= 0.6 is 0 Å². The SMILES string of the molecule is COC[C@@H](NC(=O)OC(C)(C)C)C(=O)Nc1ccc(OC)c(CO)c1. The van der Waals surface area contributed by atoms with Crippen molar-refractivity contribution in [2.24, 2.45) is 0 Å². The molecule has 0 bridgehead atoms. The number of ether oxygens (including phenoxy) is 3. The monoisotopic (exact) mass is 354 g/mol. The summed E-state index contributed by atoms with van der Waals surface area (Å²) in [5.41, 5.74) is 0.315. The number of anilines is 1. The third-order valence-corrected chi connectivity index (χ3v) is 3.06. The second-order valence-electron chi connectivity index (χ2n) is 6.33. The van der Waals surface area contributed by atoms with E-state index < -0.39 is 23.6 Å². The molecule has 2 amide bonds. The smallest absolute Gasteiger partial charge is 0.408 e. The fourth-order valence-corrected chi connectivity index (χ4v) is 2.01. The first-order chi connectivity index (χ1) is 11.7. The predicted molar refractivity (Wildman–Crippen MR) is 92.6 cm³/mol. The summed E-state index contributed by atoms with van der Waals surface area (Å²) in [7, 11) is 2.92. The van der Waals surface area contributed by atoms with Crippen LogP contribution in [-0.4, -0.2) is 49.6 Å². The molecule has 0 aliphatic rings. The number of hydrogen-bond acceptors (Lipinski definition) is 6. The van der Waals surface area contributed by atoms with E-state index in [1.807, 2.05) is 0 Å². The van der Waals surface area contributed by atoms with Gasteiger partial charge in [0.15, 0.2) is 0 Å². The van der Waals surface area contributed by atoms with Gasteiger partial charge in [0.1, 0.15) is 17.4 Å². The maximum Gasteiger partial charge on any atom is 0.408 e. The minimum absolute atomic E-state index is 0.0198. The average Bonchev–Trinajstić information content (AvgIpc) is 2.52. The standard InChI is InChI=1S/C17H26N2O6/c1-17(2,3)25-16(22)19-13(10-23-4)15(21)18-12-6-7-14(24-5)11(8-12)9-20/h6-8,13,20H,9-10H2,1-5H3,(H,18,21)(H,19,22)/t13-/m1/s1. The zero-order valence-electron chi connectivity index (χ0n) is 15.2. The molecule has 140 valence electrons. The summed E-state index contributed by atoms with van der Waals surface area (Å²) in [6.45, 7) is 4.93. The molecule has 0 saturated heterocycles. The third-order valence-electron chi connectivity index (χ3n) is 3.06. The van der Waals surface area contributed by atoms with E-state index in [1.165, 1.54) is 14.2 Å². The molecule has 8 nitrogen and oxygen atoms in total. The molecule has 1 aromatic carbocycles. The van der Waals surface area contributed by atoms with Gasteiger partial charge in [-0.1, -0.05) is 0 Å². The number of rotatable bonds is 7. The van der Waals surface area contributed by atoms with Gasteiger partial charge in [-0.15, -0.1) is 0 Å². The molecule has 0 spiro atoms. The van der Waals surface area contributed by atoms with Crippen LogP contribution in [0.4, 0.5) is 10.5 Å². The van der Waals surface area contributed by atoms with Crippen LogP contribution in [-0.2, 0) is 20.9 Å². The fourth-order valence-electron chi connectivity index (χ4n) is 2.01. The number of amides is 2. The van der Waals surface area contributed by atoms with Crippen molar-refractivity contribution < 1.29 is 28.9 Å². The summed E-state index contributed by atoms with van der Waals surface area (Å²) >= 11 is 0. The first kappa shape index (κ1) is 20.7. The van der Waals surface area contributed by atoms with Crippen LogP contribution in [0, 0.1) is 0 Å². The first-order valence-corrected chi connectivity index (χ1v) is 7.77. The van der Waals surface area contributed by atoms with Crippen molar-refractivity contribution in [2.45, 2.75) is 39.0 Å². The van der Waals surface area contributed by atoms with Gasteiger partial charge in [-0.3, -0.25) is 4.79 Å². The third kappa shape index (κ3) is 6.98. The number of carbonyl (C=O) groups excluding carboxylic acids is 2. The summed E-state index contributed by atoms with van der Waals surface area (Å²) in [5.74, 6) is 0.0441. The molecule has 1 aromatic rings. The van der Waals surface area contributed by atoms with Crippen molar-refractivity contribution in [3.05, 3.63) is 23.8 Å². The van der Waals surface area contributed by atoms with Gasteiger partial charge in [-0.2, -0.15) is 0 Å². The number of nitrogens with one attached hydrogen (secondary N) is 2. The maximum atomic E-state index is 12.4. The number of carbonyl (C=O) groups is 2. The molecular formula is C17H26N2O6. The molecule has 25 heavy (non-hydrogen) atoms. The molecular weight excluding hydrogens is 328 g/mol. The topological polar surface area (TPSA) is 106 Å². The number of benzene rings is 1. The lowest BCUT2D eigenvalue weighted by Crippen LogP contribution is -2.48. The van der Waals surface area contributed by atoms with Crippen LogP contribution in [0.5, 0.6) is 5.75 Å². The Hall–Kier alpha value is -2.32. The van der Waals surface area contributed by atoms with Crippen molar-refractivity contribution in [2.75, 3.05) is 26.1 Å². The minimum atomic E-state index is -0.931. The molecule has 0 saturated carbocycles. The van der Waals surface area contributed by atoms with Crippen LogP contribution in [0.25, 0.3) is 0 Å². The van der Waals surface area contributed by atoms with E-state index in [0.29, 0.717) is 17.0 Å². The summed E-state index contributed by atoms with van der Waals surface area (Å²) < 4.78 is 15.2.